The highest BCUT2D eigenvalue weighted by atomic mass is 31.4. The van der Waals surface area contributed by atoms with E-state index >= 15 is 0 Å². The Kier molecular flexibility index (Phi) is 3.91. The van der Waals surface area contributed by atoms with E-state index in [9.17, 15) is 4.57 Å². The molecule has 0 aromatic rings. The minimum atomic E-state index is -1.90. The van der Waals surface area contributed by atoms with Crippen LogP contribution in [0.5, 0.6) is 0 Å². The van der Waals surface area contributed by atoms with E-state index < -0.39 is 17.0 Å². The SMILES string of the molecule is O=[P+](O)[SiH2]O[SiH3]. The van der Waals surface area contributed by atoms with Crippen LogP contribution in [-0.2, 0) is 8.68 Å². The summed E-state index contributed by atoms with van der Waals surface area (Å²) in [7, 11) is -2.31. The van der Waals surface area contributed by atoms with Crippen molar-refractivity contribution in [1.29, 1.82) is 0 Å². The zero-order valence-electron chi connectivity index (χ0n) is 3.42. The van der Waals surface area contributed by atoms with Gasteiger partial charge in [-0.3, -0.25) is 0 Å². The molecule has 1 atom stereocenters. The molecule has 0 aliphatic carbocycles. The monoisotopic (exact) mass is 141 g/mol. The molecule has 6 heavy (non-hydrogen) atoms. The maximum absolute atomic E-state index is 9.71. The van der Waals surface area contributed by atoms with E-state index in [1.54, 1.807) is 0 Å². The van der Waals surface area contributed by atoms with Crippen molar-refractivity contribution < 1.29 is 13.6 Å². The number of rotatable bonds is 2. The van der Waals surface area contributed by atoms with E-state index in [4.69, 9.17) is 4.89 Å². The molecule has 0 saturated heterocycles. The van der Waals surface area contributed by atoms with Crippen LogP contribution in [0.1, 0.15) is 0 Å². The first kappa shape index (κ1) is 6.45. The summed E-state index contributed by atoms with van der Waals surface area (Å²) < 4.78 is 14.3. The summed E-state index contributed by atoms with van der Waals surface area (Å²) in [5.74, 6) is 0. The van der Waals surface area contributed by atoms with Gasteiger partial charge in [-0.05, 0) is 0 Å². The van der Waals surface area contributed by atoms with Gasteiger partial charge in [0.1, 0.15) is 10.5 Å². The predicted molar refractivity (Wildman–Crippen MR) is 29.4 cm³/mol. The van der Waals surface area contributed by atoms with Crippen molar-refractivity contribution in [2.24, 2.45) is 0 Å². The van der Waals surface area contributed by atoms with Crippen LogP contribution in [0.2, 0.25) is 0 Å². The Hall–Kier alpha value is 0.454. The molecule has 0 saturated carbocycles. The van der Waals surface area contributed by atoms with Crippen LogP contribution in [0.4, 0.5) is 0 Å². The summed E-state index contributed by atoms with van der Waals surface area (Å²) in [6, 6.07) is 0. The van der Waals surface area contributed by atoms with Gasteiger partial charge in [0.25, 0.3) is 0 Å². The van der Waals surface area contributed by atoms with Crippen LogP contribution >= 0.6 is 7.58 Å². The fourth-order valence-electron chi connectivity index (χ4n) is 0.110. The van der Waals surface area contributed by atoms with Gasteiger partial charge in [-0.15, -0.1) is 0 Å². The van der Waals surface area contributed by atoms with Crippen LogP contribution in [0.25, 0.3) is 0 Å². The molecule has 1 N–H and O–H groups in total. The molecule has 0 rings (SSSR count). The van der Waals surface area contributed by atoms with Crippen LogP contribution in [-0.4, -0.2) is 24.8 Å². The molecule has 6 heteroatoms. The summed E-state index contributed by atoms with van der Waals surface area (Å²) >= 11 is 0. The zero-order chi connectivity index (χ0) is 4.99. The van der Waals surface area contributed by atoms with Gasteiger partial charge in [0.05, 0.1) is 0 Å². The van der Waals surface area contributed by atoms with E-state index in [2.05, 4.69) is 4.12 Å². The Balaban J connectivity index is 2.83. The van der Waals surface area contributed by atoms with Gasteiger partial charge >= 0.3 is 17.0 Å². The summed E-state index contributed by atoms with van der Waals surface area (Å²) in [4.78, 5) is 8.02. The molecule has 36 valence electrons. The second-order valence-electron chi connectivity index (χ2n) is 0.770. The molecule has 0 aliphatic rings. The van der Waals surface area contributed by atoms with Gasteiger partial charge in [-0.2, -0.15) is 4.89 Å². The predicted octanol–water partition coefficient (Wildman–Crippen LogP) is -1.98. The second kappa shape index (κ2) is 3.64. The van der Waals surface area contributed by atoms with Crippen LogP contribution in [0, 0.1) is 0 Å². The third-order valence-electron chi connectivity index (χ3n) is 0.240. The quantitative estimate of drug-likeness (QED) is 0.358. The molecule has 0 spiro atoms. The molecule has 1 unspecified atom stereocenters. The average Bonchev–Trinajstić information content (AvgIpc) is 1.35. The Morgan fingerprint density at radius 3 is 2.50 bits per heavy atom. The summed E-state index contributed by atoms with van der Waals surface area (Å²) in [6.07, 6.45) is 0. The van der Waals surface area contributed by atoms with Crippen molar-refractivity contribution in [2.75, 3.05) is 0 Å². The molecular weight excluding hydrogens is 135 g/mol. The zero-order valence-corrected chi connectivity index (χ0v) is 7.73. The molecule has 0 aliphatic heterocycles. The van der Waals surface area contributed by atoms with Gasteiger partial charge < -0.3 is 4.12 Å². The van der Waals surface area contributed by atoms with Crippen molar-refractivity contribution in [3.05, 3.63) is 0 Å². The number of hydrogen-bond donors (Lipinski definition) is 1. The Bertz CT molecular complexity index is 52.8. The van der Waals surface area contributed by atoms with Crippen molar-refractivity contribution >= 4 is 27.5 Å². The van der Waals surface area contributed by atoms with Crippen LogP contribution in [0.3, 0.4) is 0 Å². The highest BCUT2D eigenvalue weighted by Gasteiger charge is 2.07. The van der Waals surface area contributed by atoms with Crippen molar-refractivity contribution in [3.63, 3.8) is 0 Å². The molecule has 0 radical (unpaired) electrons. The van der Waals surface area contributed by atoms with Gasteiger partial charge in [0, 0.05) is 0 Å². The lowest BCUT2D eigenvalue weighted by molar-refractivity contribution is 0.511. The highest BCUT2D eigenvalue weighted by molar-refractivity contribution is 7.70. The Morgan fingerprint density at radius 2 is 2.50 bits per heavy atom. The fourth-order valence-corrected chi connectivity index (χ4v) is 2.98. The third-order valence-corrected chi connectivity index (χ3v) is 4.48. The standard InChI is InChI=1S/H5O3PSi2/c1-4(2)6-3-5/h6H2,5H3/p+1. The summed E-state index contributed by atoms with van der Waals surface area (Å²) in [5.41, 5.74) is 0. The minimum absolute atomic E-state index is 0.605. The normalized spacial score (nSPS) is 13.8. The second-order valence-corrected chi connectivity index (χ2v) is 6.44. The third kappa shape index (κ3) is 4.45. The lowest BCUT2D eigenvalue weighted by atomic mass is 15.8. The van der Waals surface area contributed by atoms with Crippen LogP contribution < -0.4 is 0 Å². The number of hydrogen-bond acceptors (Lipinski definition) is 2. The Labute approximate surface area is 41.9 Å². The first-order valence-corrected chi connectivity index (χ1v) is 6.08. The molecule has 0 fully saturated rings. The lowest BCUT2D eigenvalue weighted by Crippen LogP contribution is -1.85. The molecular formula is H6O3PSi2+. The van der Waals surface area contributed by atoms with Gasteiger partial charge in [-0.25, -0.2) is 0 Å². The molecule has 0 bridgehead atoms. The van der Waals surface area contributed by atoms with E-state index in [0.29, 0.717) is 10.5 Å². The van der Waals surface area contributed by atoms with Crippen molar-refractivity contribution in [1.82, 2.24) is 0 Å². The minimum Gasteiger partial charge on any atom is -0.431 e. The first-order valence-electron chi connectivity index (χ1n) is 1.40. The van der Waals surface area contributed by atoms with E-state index in [0.717, 1.165) is 0 Å². The summed E-state index contributed by atoms with van der Waals surface area (Å²) in [6.45, 7) is 0. The van der Waals surface area contributed by atoms with Crippen molar-refractivity contribution in [2.45, 2.75) is 0 Å². The highest BCUT2D eigenvalue weighted by Crippen LogP contribution is 2.06. The van der Waals surface area contributed by atoms with E-state index in [-0.39, 0.29) is 0 Å². The molecule has 3 nitrogen and oxygen atoms in total. The molecule has 0 amide bonds. The molecule has 0 heterocycles. The molecule has 0 aromatic heterocycles. The lowest BCUT2D eigenvalue weighted by Gasteiger charge is -1.71. The van der Waals surface area contributed by atoms with Crippen LogP contribution in [0.15, 0.2) is 0 Å². The van der Waals surface area contributed by atoms with Gasteiger partial charge in [-0.1, -0.05) is 4.57 Å². The van der Waals surface area contributed by atoms with Gasteiger partial charge in [0.2, 0.25) is 0 Å². The van der Waals surface area contributed by atoms with E-state index in [1.165, 1.54) is 0 Å². The maximum Gasteiger partial charge on any atom is 0.483 e. The molecule has 0 aromatic carbocycles. The van der Waals surface area contributed by atoms with Crippen molar-refractivity contribution in [3.8, 4) is 0 Å². The Morgan fingerprint density at radius 1 is 2.00 bits per heavy atom. The topological polar surface area (TPSA) is 46.5 Å². The first-order chi connectivity index (χ1) is 2.77. The fraction of sp³-hybridized carbons (Fsp3) is 0. The average molecular weight is 141 g/mol. The van der Waals surface area contributed by atoms with Gasteiger partial charge in [0.15, 0.2) is 0 Å². The maximum atomic E-state index is 9.71. The largest absolute Gasteiger partial charge is 0.483 e. The smallest absolute Gasteiger partial charge is 0.431 e. The van der Waals surface area contributed by atoms with E-state index in [1.807, 2.05) is 0 Å². The summed E-state index contributed by atoms with van der Waals surface area (Å²) in [5, 5.41) is 0.